The van der Waals surface area contributed by atoms with Crippen LogP contribution >= 0.6 is 0 Å². The summed E-state index contributed by atoms with van der Waals surface area (Å²) in [5.74, 6) is -0.110. The van der Waals surface area contributed by atoms with Crippen LogP contribution in [0.25, 0.3) is 0 Å². The normalized spacial score (nSPS) is 12.3. The summed E-state index contributed by atoms with van der Waals surface area (Å²) in [5, 5.41) is 19.0. The van der Waals surface area contributed by atoms with Crippen LogP contribution in [0.2, 0.25) is 0 Å². The molecule has 23 heavy (non-hydrogen) atoms. The predicted octanol–water partition coefficient (Wildman–Crippen LogP) is 2.28. The number of hydrogen-bond donors (Lipinski definition) is 2. The summed E-state index contributed by atoms with van der Waals surface area (Å²) in [6.45, 7) is 1.66. The second-order valence-electron chi connectivity index (χ2n) is 5.44. The van der Waals surface area contributed by atoms with E-state index in [1.807, 2.05) is 31.3 Å². The summed E-state index contributed by atoms with van der Waals surface area (Å²) < 4.78 is 10.8. The third-order valence-corrected chi connectivity index (χ3v) is 3.56. The summed E-state index contributed by atoms with van der Waals surface area (Å²) in [4.78, 5) is 12.2. The molecule has 0 heterocycles. The van der Waals surface area contributed by atoms with Gasteiger partial charge in [0.2, 0.25) is 0 Å². The van der Waals surface area contributed by atoms with Gasteiger partial charge in [-0.1, -0.05) is 18.2 Å². The van der Waals surface area contributed by atoms with Crippen LogP contribution in [0.5, 0.6) is 5.75 Å². The third kappa shape index (κ3) is 7.45. The van der Waals surface area contributed by atoms with Crippen molar-refractivity contribution >= 4 is 5.97 Å². The zero-order chi connectivity index (χ0) is 17.1. The van der Waals surface area contributed by atoms with Crippen LogP contribution in [0.15, 0.2) is 24.3 Å². The Kier molecular flexibility index (Phi) is 9.28. The van der Waals surface area contributed by atoms with E-state index in [0.29, 0.717) is 31.9 Å². The van der Waals surface area contributed by atoms with E-state index in [9.17, 15) is 9.90 Å². The molecule has 0 amide bonds. The number of likely N-dealkylation sites (N-methyl/N-ethyl adjacent to an activating group) is 1. The fraction of sp³-hybridized carbons (Fsp3) is 0.588. The van der Waals surface area contributed by atoms with Gasteiger partial charge in [0.05, 0.1) is 13.2 Å². The van der Waals surface area contributed by atoms with E-state index in [-0.39, 0.29) is 6.42 Å². The molecule has 1 rings (SSSR count). The number of carboxylic acid groups (broad SMARTS) is 1. The van der Waals surface area contributed by atoms with E-state index >= 15 is 0 Å². The highest BCUT2D eigenvalue weighted by Gasteiger charge is 2.17. The standard InChI is InChI=1S/C17H27NO5/c1-18(11-13-22-2)17(21)14-8-5-6-9-15(14)23-12-7-3-4-10-16(19)20/h5-6,8-9,17,21H,3-4,7,10-13H2,1-2H3,(H,19,20). The van der Waals surface area contributed by atoms with Gasteiger partial charge < -0.3 is 19.7 Å². The predicted molar refractivity (Wildman–Crippen MR) is 87.5 cm³/mol. The lowest BCUT2D eigenvalue weighted by Gasteiger charge is -2.25. The average molecular weight is 325 g/mol. The van der Waals surface area contributed by atoms with Crippen molar-refractivity contribution in [3.05, 3.63) is 29.8 Å². The maximum Gasteiger partial charge on any atom is 0.303 e. The van der Waals surface area contributed by atoms with Crippen molar-refractivity contribution in [1.29, 1.82) is 0 Å². The molecule has 0 radical (unpaired) electrons. The molecule has 0 saturated heterocycles. The number of aliphatic hydroxyl groups excluding tert-OH is 1. The first kappa shape index (κ1) is 19.4. The van der Waals surface area contributed by atoms with E-state index in [0.717, 1.165) is 18.4 Å². The maximum absolute atomic E-state index is 10.4. The Labute approximate surface area is 137 Å². The minimum absolute atomic E-state index is 0.194. The number of methoxy groups -OCH3 is 1. The fourth-order valence-electron chi connectivity index (χ4n) is 2.16. The number of rotatable bonds is 12. The van der Waals surface area contributed by atoms with Gasteiger partial charge in [0.1, 0.15) is 12.0 Å². The molecular formula is C17H27NO5. The summed E-state index contributed by atoms with van der Waals surface area (Å²) in [6, 6.07) is 7.40. The maximum atomic E-state index is 10.4. The van der Waals surface area contributed by atoms with Gasteiger partial charge in [-0.25, -0.2) is 0 Å². The zero-order valence-electron chi connectivity index (χ0n) is 13.9. The first-order valence-corrected chi connectivity index (χ1v) is 7.87. The molecular weight excluding hydrogens is 298 g/mol. The van der Waals surface area contributed by atoms with Crippen LogP contribution in [0.3, 0.4) is 0 Å². The number of aliphatic carboxylic acids is 1. The van der Waals surface area contributed by atoms with Crippen molar-refractivity contribution in [2.24, 2.45) is 0 Å². The molecule has 1 aromatic carbocycles. The van der Waals surface area contributed by atoms with Crippen molar-refractivity contribution in [2.75, 3.05) is 33.9 Å². The number of nitrogens with zero attached hydrogens (tertiary/aromatic N) is 1. The van der Waals surface area contributed by atoms with Crippen LogP contribution in [0.4, 0.5) is 0 Å². The number of unbranched alkanes of at least 4 members (excludes halogenated alkanes) is 2. The van der Waals surface area contributed by atoms with Crippen molar-refractivity contribution in [3.63, 3.8) is 0 Å². The molecule has 130 valence electrons. The largest absolute Gasteiger partial charge is 0.493 e. The minimum atomic E-state index is -0.765. The molecule has 6 nitrogen and oxygen atoms in total. The molecule has 0 aliphatic rings. The lowest BCUT2D eigenvalue weighted by atomic mass is 10.1. The van der Waals surface area contributed by atoms with E-state index in [2.05, 4.69) is 0 Å². The highest BCUT2D eigenvalue weighted by molar-refractivity contribution is 5.66. The van der Waals surface area contributed by atoms with E-state index < -0.39 is 12.2 Å². The number of para-hydroxylation sites is 1. The van der Waals surface area contributed by atoms with Gasteiger partial charge >= 0.3 is 5.97 Å². The molecule has 0 aliphatic heterocycles. The Morgan fingerprint density at radius 3 is 2.65 bits per heavy atom. The number of carbonyl (C=O) groups is 1. The molecule has 0 fully saturated rings. The Bertz CT molecular complexity index is 466. The molecule has 0 aliphatic carbocycles. The number of ether oxygens (including phenoxy) is 2. The Hall–Kier alpha value is -1.63. The van der Waals surface area contributed by atoms with Crippen LogP contribution < -0.4 is 4.74 Å². The van der Waals surface area contributed by atoms with E-state index in [4.69, 9.17) is 14.6 Å². The molecule has 1 atom stereocenters. The molecule has 1 unspecified atom stereocenters. The second-order valence-corrected chi connectivity index (χ2v) is 5.44. The van der Waals surface area contributed by atoms with Crippen LogP contribution in [0.1, 0.15) is 37.5 Å². The van der Waals surface area contributed by atoms with Crippen LogP contribution in [-0.4, -0.2) is 55.0 Å². The van der Waals surface area contributed by atoms with Gasteiger partial charge in [0.15, 0.2) is 0 Å². The minimum Gasteiger partial charge on any atom is -0.493 e. The first-order valence-electron chi connectivity index (χ1n) is 7.87. The topological polar surface area (TPSA) is 79.2 Å². The van der Waals surface area contributed by atoms with Gasteiger partial charge in [-0.05, 0) is 32.4 Å². The molecule has 1 aromatic rings. The highest BCUT2D eigenvalue weighted by Crippen LogP contribution is 2.27. The van der Waals surface area contributed by atoms with Gasteiger partial charge in [-0.15, -0.1) is 0 Å². The molecule has 0 saturated carbocycles. The van der Waals surface area contributed by atoms with Crippen molar-refractivity contribution in [1.82, 2.24) is 4.90 Å². The second kappa shape index (κ2) is 11.0. The average Bonchev–Trinajstić information content (AvgIpc) is 2.55. The molecule has 2 N–H and O–H groups in total. The number of aliphatic hydroxyl groups is 1. The summed E-state index contributed by atoms with van der Waals surface area (Å²) in [6.07, 6.45) is 1.69. The lowest BCUT2D eigenvalue weighted by Crippen LogP contribution is -2.28. The van der Waals surface area contributed by atoms with Crippen LogP contribution in [-0.2, 0) is 9.53 Å². The van der Waals surface area contributed by atoms with Crippen molar-refractivity contribution in [2.45, 2.75) is 31.9 Å². The first-order chi connectivity index (χ1) is 11.1. The van der Waals surface area contributed by atoms with Crippen molar-refractivity contribution in [3.8, 4) is 5.75 Å². The van der Waals surface area contributed by atoms with Gasteiger partial charge in [-0.2, -0.15) is 0 Å². The number of hydrogen-bond acceptors (Lipinski definition) is 5. The Morgan fingerprint density at radius 1 is 1.22 bits per heavy atom. The number of carboxylic acids is 1. The Morgan fingerprint density at radius 2 is 1.96 bits per heavy atom. The zero-order valence-corrected chi connectivity index (χ0v) is 13.9. The molecule has 6 heteroatoms. The highest BCUT2D eigenvalue weighted by atomic mass is 16.5. The summed E-state index contributed by atoms with van der Waals surface area (Å²) in [5.41, 5.74) is 0.719. The van der Waals surface area contributed by atoms with Crippen LogP contribution in [0, 0.1) is 0 Å². The molecule has 0 aromatic heterocycles. The van der Waals surface area contributed by atoms with Gasteiger partial charge in [-0.3, -0.25) is 9.69 Å². The third-order valence-electron chi connectivity index (χ3n) is 3.56. The monoisotopic (exact) mass is 325 g/mol. The number of benzene rings is 1. The van der Waals surface area contributed by atoms with Gasteiger partial charge in [0, 0.05) is 25.6 Å². The van der Waals surface area contributed by atoms with Gasteiger partial charge in [0.25, 0.3) is 0 Å². The molecule has 0 bridgehead atoms. The SMILES string of the molecule is COCCN(C)C(O)c1ccccc1OCCCCCC(=O)O. The van der Waals surface area contributed by atoms with E-state index in [1.54, 1.807) is 12.0 Å². The van der Waals surface area contributed by atoms with E-state index in [1.165, 1.54) is 0 Å². The lowest BCUT2D eigenvalue weighted by molar-refractivity contribution is -0.137. The van der Waals surface area contributed by atoms with Crippen molar-refractivity contribution < 1.29 is 24.5 Å². The summed E-state index contributed by atoms with van der Waals surface area (Å²) >= 11 is 0. The smallest absolute Gasteiger partial charge is 0.303 e. The fourth-order valence-corrected chi connectivity index (χ4v) is 2.16. The molecule has 0 spiro atoms. The summed E-state index contributed by atoms with van der Waals surface area (Å²) in [7, 11) is 3.45. The Balaban J connectivity index is 2.48. The quantitative estimate of drug-likeness (QED) is 0.453.